The molecule has 0 unspecified atom stereocenters. The zero-order valence-electron chi connectivity index (χ0n) is 17.7. The Kier molecular flexibility index (Phi) is 6.38. The first kappa shape index (κ1) is 22.1. The number of amides is 1. The molecule has 0 spiro atoms. The van der Waals surface area contributed by atoms with Crippen LogP contribution in [0, 0.1) is 6.92 Å². The molecule has 0 bridgehead atoms. The average Bonchev–Trinajstić information content (AvgIpc) is 3.16. The van der Waals surface area contributed by atoms with E-state index in [0.717, 1.165) is 22.1 Å². The Morgan fingerprint density at radius 2 is 1.93 bits per heavy atom. The van der Waals surface area contributed by atoms with E-state index in [1.54, 1.807) is 44.4 Å². The van der Waals surface area contributed by atoms with E-state index in [1.165, 1.54) is 28.8 Å². The van der Waals surface area contributed by atoms with Crippen molar-refractivity contribution in [2.45, 2.75) is 38.1 Å². The molecule has 8 heteroatoms. The van der Waals surface area contributed by atoms with E-state index >= 15 is 0 Å². The summed E-state index contributed by atoms with van der Waals surface area (Å²) < 4.78 is 33.6. The molecule has 0 fully saturated rings. The fraction of sp³-hybridized carbons (Fsp3) is 0.318. The van der Waals surface area contributed by atoms with Crippen LogP contribution < -0.4 is 14.4 Å². The number of hydrogen-bond acceptors (Lipinski definition) is 5. The Balaban J connectivity index is 1.92. The van der Waals surface area contributed by atoms with E-state index in [4.69, 9.17) is 4.74 Å². The maximum atomic E-state index is 13.1. The van der Waals surface area contributed by atoms with Crippen LogP contribution in [0.15, 0.2) is 47.4 Å². The lowest BCUT2D eigenvalue weighted by molar-refractivity contribution is 0.0943. The Morgan fingerprint density at radius 3 is 2.57 bits per heavy atom. The molecule has 1 amide bonds. The number of fused-ring (bicyclic) bond motifs is 1. The quantitative estimate of drug-likeness (QED) is 0.577. The van der Waals surface area contributed by atoms with Crippen molar-refractivity contribution in [1.82, 2.24) is 5.32 Å². The van der Waals surface area contributed by atoms with Crippen LogP contribution in [0.1, 0.15) is 35.5 Å². The van der Waals surface area contributed by atoms with Crippen molar-refractivity contribution in [3.63, 3.8) is 0 Å². The van der Waals surface area contributed by atoms with Gasteiger partial charge in [0.05, 0.1) is 22.6 Å². The lowest BCUT2D eigenvalue weighted by atomic mass is 10.2. The summed E-state index contributed by atoms with van der Waals surface area (Å²) in [4.78, 5) is 13.2. The van der Waals surface area contributed by atoms with E-state index in [9.17, 15) is 13.2 Å². The number of benzene rings is 2. The highest BCUT2D eigenvalue weighted by Crippen LogP contribution is 2.32. The van der Waals surface area contributed by atoms with Gasteiger partial charge in [-0.1, -0.05) is 6.92 Å². The normalized spacial score (nSPS) is 12.6. The minimum Gasteiger partial charge on any atom is -0.496 e. The first-order chi connectivity index (χ1) is 14.2. The predicted molar refractivity (Wildman–Crippen MR) is 122 cm³/mol. The second-order valence-electron chi connectivity index (χ2n) is 7.22. The lowest BCUT2D eigenvalue weighted by Gasteiger charge is -2.20. The van der Waals surface area contributed by atoms with E-state index < -0.39 is 10.0 Å². The van der Waals surface area contributed by atoms with Crippen LogP contribution in [0.5, 0.6) is 5.75 Å². The van der Waals surface area contributed by atoms with Gasteiger partial charge in [-0.2, -0.15) is 0 Å². The summed E-state index contributed by atoms with van der Waals surface area (Å²) >= 11 is 1.39. The molecular formula is C22H26N2O4S2. The van der Waals surface area contributed by atoms with Crippen LogP contribution in [0.4, 0.5) is 5.69 Å². The minimum atomic E-state index is -3.74. The van der Waals surface area contributed by atoms with Crippen LogP contribution in [0.2, 0.25) is 0 Å². The Hall–Kier alpha value is -2.58. The molecule has 0 aliphatic rings. The van der Waals surface area contributed by atoms with Crippen LogP contribution in [-0.2, 0) is 10.0 Å². The highest BCUT2D eigenvalue weighted by Gasteiger charge is 2.23. The van der Waals surface area contributed by atoms with Gasteiger partial charge in [-0.3, -0.25) is 9.10 Å². The first-order valence-electron chi connectivity index (χ1n) is 9.65. The van der Waals surface area contributed by atoms with Crippen LogP contribution in [0.3, 0.4) is 0 Å². The summed E-state index contributed by atoms with van der Waals surface area (Å²) in [7, 11) is -0.657. The van der Waals surface area contributed by atoms with Gasteiger partial charge in [0.15, 0.2) is 0 Å². The summed E-state index contributed by atoms with van der Waals surface area (Å²) in [6.07, 6.45) is 0.855. The third kappa shape index (κ3) is 4.29. The third-order valence-corrected chi connectivity index (χ3v) is 8.00. The van der Waals surface area contributed by atoms with E-state index in [-0.39, 0.29) is 16.8 Å². The van der Waals surface area contributed by atoms with Gasteiger partial charge < -0.3 is 10.1 Å². The van der Waals surface area contributed by atoms with Crippen molar-refractivity contribution >= 4 is 43.0 Å². The highest BCUT2D eigenvalue weighted by molar-refractivity contribution is 7.92. The molecule has 0 aliphatic heterocycles. The van der Waals surface area contributed by atoms with Gasteiger partial charge in [-0.05, 0) is 73.7 Å². The van der Waals surface area contributed by atoms with Crippen molar-refractivity contribution in [3.8, 4) is 5.75 Å². The van der Waals surface area contributed by atoms with Crippen LogP contribution >= 0.6 is 11.3 Å². The number of aryl methyl sites for hydroxylation is 1. The number of carbonyl (C=O) groups is 1. The molecule has 1 aromatic heterocycles. The molecule has 0 saturated carbocycles. The van der Waals surface area contributed by atoms with Crippen LogP contribution in [0.25, 0.3) is 10.1 Å². The van der Waals surface area contributed by atoms with Crippen molar-refractivity contribution in [1.29, 1.82) is 0 Å². The molecule has 0 radical (unpaired) electrons. The molecule has 160 valence electrons. The number of thiophene rings is 1. The standard InChI is InChI=1S/C22H26N2O4S2/c1-6-15(3)23-22(25)21-13-16-12-17(7-10-20(16)29-21)24(4)30(26,27)18-8-9-19(28-5)14(2)11-18/h7-13,15H,6H2,1-5H3,(H,23,25)/t15-/m1/s1. The number of rotatable bonds is 7. The van der Waals surface area contributed by atoms with Crippen LogP contribution in [-0.4, -0.2) is 34.5 Å². The molecule has 1 atom stereocenters. The van der Waals surface area contributed by atoms with Gasteiger partial charge in [-0.15, -0.1) is 11.3 Å². The fourth-order valence-electron chi connectivity index (χ4n) is 3.04. The smallest absolute Gasteiger partial charge is 0.264 e. The van der Waals surface area contributed by atoms with E-state index in [1.807, 2.05) is 19.9 Å². The Morgan fingerprint density at radius 1 is 1.20 bits per heavy atom. The zero-order chi connectivity index (χ0) is 22.1. The SMILES string of the molecule is CC[C@@H](C)NC(=O)c1cc2cc(N(C)S(=O)(=O)c3ccc(OC)c(C)c3)ccc2s1. The lowest BCUT2D eigenvalue weighted by Crippen LogP contribution is -2.31. The number of nitrogens with one attached hydrogen (secondary N) is 1. The van der Waals surface area contributed by atoms with Crippen molar-refractivity contribution in [2.24, 2.45) is 0 Å². The molecule has 0 saturated heterocycles. The number of hydrogen-bond donors (Lipinski definition) is 1. The summed E-state index contributed by atoms with van der Waals surface area (Å²) in [6.45, 7) is 5.79. The summed E-state index contributed by atoms with van der Waals surface area (Å²) in [5, 5.41) is 3.79. The van der Waals surface area contributed by atoms with Gasteiger partial charge in [0.25, 0.3) is 15.9 Å². The number of sulfonamides is 1. The van der Waals surface area contributed by atoms with Crippen molar-refractivity contribution < 1.29 is 17.9 Å². The van der Waals surface area contributed by atoms with E-state index in [0.29, 0.717) is 16.3 Å². The number of ether oxygens (including phenoxy) is 1. The molecule has 3 aromatic rings. The van der Waals surface area contributed by atoms with Crippen molar-refractivity contribution in [2.75, 3.05) is 18.5 Å². The number of anilines is 1. The van der Waals surface area contributed by atoms with Gasteiger partial charge in [-0.25, -0.2) is 8.42 Å². The average molecular weight is 447 g/mol. The number of nitrogens with zero attached hydrogens (tertiary/aromatic N) is 1. The Bertz CT molecular complexity index is 1190. The molecule has 6 nitrogen and oxygen atoms in total. The molecule has 2 aromatic carbocycles. The Labute approximate surface area is 181 Å². The molecule has 1 N–H and O–H groups in total. The van der Waals surface area contributed by atoms with Crippen molar-refractivity contribution in [3.05, 3.63) is 52.9 Å². The monoisotopic (exact) mass is 446 g/mol. The van der Waals surface area contributed by atoms with Gasteiger partial charge in [0, 0.05) is 17.8 Å². The summed E-state index contributed by atoms with van der Waals surface area (Å²) in [6, 6.07) is 12.1. The highest BCUT2D eigenvalue weighted by atomic mass is 32.2. The fourth-order valence-corrected chi connectivity index (χ4v) is 5.26. The van der Waals surface area contributed by atoms with E-state index in [2.05, 4.69) is 5.32 Å². The zero-order valence-corrected chi connectivity index (χ0v) is 19.4. The maximum absolute atomic E-state index is 13.1. The maximum Gasteiger partial charge on any atom is 0.264 e. The summed E-state index contributed by atoms with van der Waals surface area (Å²) in [5.41, 5.74) is 1.28. The predicted octanol–water partition coefficient (Wildman–Crippen LogP) is 4.57. The largest absolute Gasteiger partial charge is 0.496 e. The molecule has 0 aliphatic carbocycles. The minimum absolute atomic E-state index is 0.0995. The number of methoxy groups -OCH3 is 1. The molecule has 1 heterocycles. The molecular weight excluding hydrogens is 420 g/mol. The van der Waals surface area contributed by atoms with Gasteiger partial charge in [0.2, 0.25) is 0 Å². The number of carbonyl (C=O) groups excluding carboxylic acids is 1. The first-order valence-corrected chi connectivity index (χ1v) is 11.9. The topological polar surface area (TPSA) is 75.7 Å². The third-order valence-electron chi connectivity index (χ3n) is 5.10. The second kappa shape index (κ2) is 8.65. The molecule has 3 rings (SSSR count). The second-order valence-corrected chi connectivity index (χ2v) is 10.3. The van der Waals surface area contributed by atoms with Gasteiger partial charge in [0.1, 0.15) is 5.75 Å². The van der Waals surface area contributed by atoms with Gasteiger partial charge >= 0.3 is 0 Å². The summed E-state index contributed by atoms with van der Waals surface area (Å²) in [5.74, 6) is 0.529. The molecule has 30 heavy (non-hydrogen) atoms.